The number of hydrogen-bond donors (Lipinski definition) is 1. The van der Waals surface area contributed by atoms with Gasteiger partial charge in [0.25, 0.3) is 5.91 Å². The highest BCUT2D eigenvalue weighted by atomic mass is 35.5. The van der Waals surface area contributed by atoms with E-state index in [1.165, 1.54) is 6.07 Å². The molecule has 0 atom stereocenters. The van der Waals surface area contributed by atoms with Crippen LogP contribution in [0.15, 0.2) is 42.5 Å². The first-order chi connectivity index (χ1) is 10.1. The molecule has 1 amide bonds. The Bertz CT molecular complexity index is 642. The van der Waals surface area contributed by atoms with Gasteiger partial charge in [0, 0.05) is 17.1 Å². The molecule has 1 N–H and O–H groups in total. The molecule has 2 nitrogen and oxygen atoms in total. The van der Waals surface area contributed by atoms with Crippen molar-refractivity contribution in [3.8, 4) is 0 Å². The van der Waals surface area contributed by atoms with Crippen LogP contribution < -0.4 is 5.32 Å². The Balaban J connectivity index is 2.10. The normalized spacial score (nSPS) is 10.4. The van der Waals surface area contributed by atoms with Crippen molar-refractivity contribution in [2.45, 2.75) is 19.8 Å². The van der Waals surface area contributed by atoms with Crippen LogP contribution in [-0.2, 0) is 6.42 Å². The smallest absolute Gasteiger partial charge is 0.255 e. The van der Waals surface area contributed by atoms with Crippen molar-refractivity contribution in [2.75, 3.05) is 11.2 Å². The molecule has 2 aromatic rings. The first-order valence-corrected chi connectivity index (χ1v) is 7.36. The van der Waals surface area contributed by atoms with Gasteiger partial charge >= 0.3 is 0 Å². The fourth-order valence-corrected chi connectivity index (χ4v) is 2.15. The second kappa shape index (κ2) is 7.23. The van der Waals surface area contributed by atoms with E-state index < -0.39 is 0 Å². The summed E-state index contributed by atoms with van der Waals surface area (Å²) in [5.74, 6) is -0.0823. The van der Waals surface area contributed by atoms with Gasteiger partial charge in [-0.3, -0.25) is 4.79 Å². The molecule has 0 fully saturated rings. The SMILES string of the molecule is Cc1ccc(C(=O)Nc2cccc(CCCCl)c2)cc1F. The Labute approximate surface area is 128 Å². The first-order valence-electron chi connectivity index (χ1n) is 6.82. The lowest BCUT2D eigenvalue weighted by Gasteiger charge is -2.08. The number of carbonyl (C=O) groups is 1. The molecule has 0 radical (unpaired) electrons. The number of aryl methyl sites for hydroxylation is 2. The molecule has 0 bridgehead atoms. The first kappa shape index (κ1) is 15.5. The molecule has 0 heterocycles. The summed E-state index contributed by atoms with van der Waals surface area (Å²) in [6.45, 7) is 1.66. The van der Waals surface area contributed by atoms with Gasteiger partial charge in [-0.2, -0.15) is 0 Å². The summed E-state index contributed by atoms with van der Waals surface area (Å²) in [7, 11) is 0. The lowest BCUT2D eigenvalue weighted by molar-refractivity contribution is 0.102. The number of benzene rings is 2. The van der Waals surface area contributed by atoms with Crippen LogP contribution in [0, 0.1) is 12.7 Å². The third-order valence-electron chi connectivity index (χ3n) is 3.22. The summed E-state index contributed by atoms with van der Waals surface area (Å²) in [4.78, 5) is 12.1. The van der Waals surface area contributed by atoms with E-state index in [9.17, 15) is 9.18 Å². The standard InChI is InChI=1S/C17H17ClFNO/c1-12-7-8-14(11-16(12)19)17(21)20-15-6-2-4-13(10-15)5-3-9-18/h2,4,6-8,10-11H,3,5,9H2,1H3,(H,20,21). The molecule has 110 valence electrons. The van der Waals surface area contributed by atoms with Gasteiger partial charge in [-0.25, -0.2) is 4.39 Å². The maximum Gasteiger partial charge on any atom is 0.255 e. The van der Waals surface area contributed by atoms with Crippen LogP contribution in [0.4, 0.5) is 10.1 Å². The van der Waals surface area contributed by atoms with Gasteiger partial charge in [0.2, 0.25) is 0 Å². The predicted molar refractivity (Wildman–Crippen MR) is 84.6 cm³/mol. The van der Waals surface area contributed by atoms with Gasteiger partial charge in [0.15, 0.2) is 0 Å². The number of amides is 1. The lowest BCUT2D eigenvalue weighted by atomic mass is 10.1. The van der Waals surface area contributed by atoms with Crippen molar-refractivity contribution in [3.63, 3.8) is 0 Å². The van der Waals surface area contributed by atoms with Crippen molar-refractivity contribution < 1.29 is 9.18 Å². The molecule has 21 heavy (non-hydrogen) atoms. The number of anilines is 1. The number of rotatable bonds is 5. The van der Waals surface area contributed by atoms with E-state index in [1.807, 2.05) is 24.3 Å². The molecular weight excluding hydrogens is 289 g/mol. The Morgan fingerprint density at radius 2 is 2.05 bits per heavy atom. The second-order valence-electron chi connectivity index (χ2n) is 4.91. The van der Waals surface area contributed by atoms with E-state index >= 15 is 0 Å². The highest BCUT2D eigenvalue weighted by molar-refractivity contribution is 6.17. The predicted octanol–water partition coefficient (Wildman–Crippen LogP) is 4.56. The molecule has 0 saturated heterocycles. The Morgan fingerprint density at radius 3 is 2.76 bits per heavy atom. The van der Waals surface area contributed by atoms with Crippen LogP contribution in [0.25, 0.3) is 0 Å². The largest absolute Gasteiger partial charge is 0.322 e. The third kappa shape index (κ3) is 4.30. The minimum atomic E-state index is -0.376. The number of carbonyl (C=O) groups excluding carboxylic acids is 1. The maximum atomic E-state index is 13.5. The van der Waals surface area contributed by atoms with Gasteiger partial charge in [-0.15, -0.1) is 11.6 Å². The molecule has 2 aromatic carbocycles. The molecule has 0 aromatic heterocycles. The fraction of sp³-hybridized carbons (Fsp3) is 0.235. The minimum absolute atomic E-state index is 0.310. The monoisotopic (exact) mass is 305 g/mol. The zero-order valence-electron chi connectivity index (χ0n) is 11.8. The number of nitrogens with one attached hydrogen (secondary N) is 1. The Morgan fingerprint density at radius 1 is 1.24 bits per heavy atom. The summed E-state index contributed by atoms with van der Waals surface area (Å²) in [5, 5.41) is 2.78. The zero-order valence-corrected chi connectivity index (χ0v) is 12.6. The lowest BCUT2D eigenvalue weighted by Crippen LogP contribution is -2.12. The van der Waals surface area contributed by atoms with E-state index in [0.717, 1.165) is 18.4 Å². The van der Waals surface area contributed by atoms with Crippen LogP contribution in [0.1, 0.15) is 27.9 Å². The number of halogens is 2. The van der Waals surface area contributed by atoms with Crippen molar-refractivity contribution in [1.82, 2.24) is 0 Å². The van der Waals surface area contributed by atoms with Crippen molar-refractivity contribution in [2.24, 2.45) is 0 Å². The molecule has 0 aliphatic heterocycles. The summed E-state index contributed by atoms with van der Waals surface area (Å²) in [6.07, 6.45) is 1.76. The third-order valence-corrected chi connectivity index (χ3v) is 3.49. The van der Waals surface area contributed by atoms with Crippen LogP contribution in [-0.4, -0.2) is 11.8 Å². The van der Waals surface area contributed by atoms with Crippen LogP contribution in [0.5, 0.6) is 0 Å². The van der Waals surface area contributed by atoms with Crippen molar-refractivity contribution in [1.29, 1.82) is 0 Å². The number of alkyl halides is 1. The summed E-state index contributed by atoms with van der Waals surface area (Å²) >= 11 is 5.68. The minimum Gasteiger partial charge on any atom is -0.322 e. The average Bonchev–Trinajstić information content (AvgIpc) is 2.48. The second-order valence-corrected chi connectivity index (χ2v) is 5.29. The summed E-state index contributed by atoms with van der Waals surface area (Å²) in [6, 6.07) is 12.1. The average molecular weight is 306 g/mol. The van der Waals surface area contributed by atoms with E-state index in [-0.39, 0.29) is 11.7 Å². The van der Waals surface area contributed by atoms with E-state index in [4.69, 9.17) is 11.6 Å². The molecule has 0 aliphatic rings. The van der Waals surface area contributed by atoms with Gasteiger partial charge in [0.1, 0.15) is 5.82 Å². The van der Waals surface area contributed by atoms with E-state index in [2.05, 4.69) is 5.32 Å². The molecule has 0 aliphatic carbocycles. The van der Waals surface area contributed by atoms with E-state index in [0.29, 0.717) is 22.7 Å². The Kier molecular flexibility index (Phi) is 5.34. The molecule has 0 spiro atoms. The fourth-order valence-electron chi connectivity index (χ4n) is 2.01. The molecule has 4 heteroatoms. The quantitative estimate of drug-likeness (QED) is 0.806. The van der Waals surface area contributed by atoms with Crippen molar-refractivity contribution >= 4 is 23.2 Å². The van der Waals surface area contributed by atoms with Crippen LogP contribution in [0.3, 0.4) is 0 Å². The van der Waals surface area contributed by atoms with Gasteiger partial charge < -0.3 is 5.32 Å². The maximum absolute atomic E-state index is 13.5. The highest BCUT2D eigenvalue weighted by Crippen LogP contribution is 2.15. The summed E-state index contributed by atoms with van der Waals surface area (Å²) < 4.78 is 13.5. The Hall–Kier alpha value is -1.87. The zero-order chi connectivity index (χ0) is 15.2. The summed E-state index contributed by atoms with van der Waals surface area (Å²) in [5.41, 5.74) is 2.65. The van der Waals surface area contributed by atoms with Gasteiger partial charge in [-0.1, -0.05) is 18.2 Å². The van der Waals surface area contributed by atoms with Gasteiger partial charge in [-0.05, 0) is 55.2 Å². The van der Waals surface area contributed by atoms with Crippen LogP contribution >= 0.6 is 11.6 Å². The van der Waals surface area contributed by atoms with E-state index in [1.54, 1.807) is 19.1 Å². The topological polar surface area (TPSA) is 29.1 Å². The number of hydrogen-bond acceptors (Lipinski definition) is 1. The van der Waals surface area contributed by atoms with Crippen molar-refractivity contribution in [3.05, 3.63) is 65.0 Å². The molecular formula is C17H17ClFNO. The highest BCUT2D eigenvalue weighted by Gasteiger charge is 2.08. The molecule has 0 saturated carbocycles. The van der Waals surface area contributed by atoms with Crippen LogP contribution in [0.2, 0.25) is 0 Å². The van der Waals surface area contributed by atoms with Gasteiger partial charge in [0.05, 0.1) is 0 Å². The molecule has 0 unspecified atom stereocenters. The molecule has 2 rings (SSSR count).